The SMILES string of the molecule is CC[C@@H](C(=O)NC(C)(C)C)N(Cc1c(Cl)cccc1Cl)C(=O)COc1cc(C)cc(C)c1. The van der Waals surface area contributed by atoms with Gasteiger partial charge in [-0.2, -0.15) is 0 Å². The Kier molecular flexibility index (Phi) is 8.99. The van der Waals surface area contributed by atoms with E-state index >= 15 is 0 Å². The lowest BCUT2D eigenvalue weighted by Crippen LogP contribution is -2.54. The maximum absolute atomic E-state index is 13.3. The molecule has 0 saturated heterocycles. The number of nitrogens with zero attached hydrogens (tertiary/aromatic N) is 1. The molecule has 2 aromatic carbocycles. The molecule has 0 bridgehead atoms. The smallest absolute Gasteiger partial charge is 0.261 e. The van der Waals surface area contributed by atoms with Gasteiger partial charge in [0.25, 0.3) is 5.91 Å². The van der Waals surface area contributed by atoms with E-state index in [4.69, 9.17) is 27.9 Å². The van der Waals surface area contributed by atoms with Crippen LogP contribution in [0.5, 0.6) is 5.75 Å². The Bertz CT molecular complexity index is 930. The second-order valence-corrected chi connectivity index (χ2v) is 9.81. The molecular weight excluding hydrogens is 447 g/mol. The van der Waals surface area contributed by atoms with Crippen molar-refractivity contribution < 1.29 is 14.3 Å². The number of amides is 2. The van der Waals surface area contributed by atoms with Crippen molar-refractivity contribution in [3.63, 3.8) is 0 Å². The predicted octanol–water partition coefficient (Wildman–Crippen LogP) is 5.71. The second kappa shape index (κ2) is 11.1. The Hall–Kier alpha value is -2.24. The summed E-state index contributed by atoms with van der Waals surface area (Å²) in [7, 11) is 0. The molecular formula is C25H32Cl2N2O3. The average molecular weight is 479 g/mol. The third-order valence-corrected chi connectivity index (χ3v) is 5.54. The standard InChI is InChI=1S/C25H32Cl2N2O3/c1-7-22(24(31)28-25(4,5)6)29(14-19-20(26)9-8-10-21(19)27)23(30)15-32-18-12-16(2)11-17(3)13-18/h8-13,22H,7,14-15H2,1-6H3,(H,28,31)/t22-/m0/s1. The number of benzene rings is 2. The first-order chi connectivity index (χ1) is 14.9. The first kappa shape index (κ1) is 26.0. The molecule has 0 heterocycles. The third-order valence-electron chi connectivity index (χ3n) is 4.83. The summed E-state index contributed by atoms with van der Waals surface area (Å²) in [6, 6.07) is 10.3. The zero-order valence-corrected chi connectivity index (χ0v) is 21.1. The molecule has 1 atom stereocenters. The number of carbonyl (C=O) groups excluding carboxylic acids is 2. The Morgan fingerprint density at radius 3 is 2.12 bits per heavy atom. The summed E-state index contributed by atoms with van der Waals surface area (Å²) < 4.78 is 5.80. The lowest BCUT2D eigenvalue weighted by molar-refractivity contribution is -0.143. The number of rotatable bonds is 8. The summed E-state index contributed by atoms with van der Waals surface area (Å²) in [6.07, 6.45) is 0.430. The van der Waals surface area contributed by atoms with Crippen molar-refractivity contribution in [2.45, 2.75) is 66.1 Å². The van der Waals surface area contributed by atoms with Crippen LogP contribution in [0.2, 0.25) is 10.0 Å². The monoisotopic (exact) mass is 478 g/mol. The van der Waals surface area contributed by atoms with Crippen LogP contribution < -0.4 is 10.1 Å². The van der Waals surface area contributed by atoms with Gasteiger partial charge in [-0.3, -0.25) is 9.59 Å². The largest absolute Gasteiger partial charge is 0.484 e. The molecule has 0 aliphatic carbocycles. The zero-order chi connectivity index (χ0) is 24.1. The fourth-order valence-electron chi connectivity index (χ4n) is 3.47. The van der Waals surface area contributed by atoms with Crippen molar-refractivity contribution >= 4 is 35.0 Å². The van der Waals surface area contributed by atoms with Gasteiger partial charge < -0.3 is 15.0 Å². The van der Waals surface area contributed by atoms with Crippen molar-refractivity contribution in [3.8, 4) is 5.75 Å². The molecule has 0 fully saturated rings. The predicted molar refractivity (Wildman–Crippen MR) is 130 cm³/mol. The van der Waals surface area contributed by atoms with Gasteiger partial charge in [0, 0.05) is 27.7 Å². The van der Waals surface area contributed by atoms with E-state index in [1.165, 1.54) is 4.90 Å². The van der Waals surface area contributed by atoms with Crippen LogP contribution >= 0.6 is 23.2 Å². The molecule has 0 aliphatic heterocycles. The maximum Gasteiger partial charge on any atom is 0.261 e. The van der Waals surface area contributed by atoms with Crippen LogP contribution in [0.3, 0.4) is 0 Å². The molecule has 5 nitrogen and oxygen atoms in total. The normalized spacial score (nSPS) is 12.2. The van der Waals surface area contributed by atoms with E-state index in [9.17, 15) is 9.59 Å². The van der Waals surface area contributed by atoms with E-state index in [-0.39, 0.29) is 25.0 Å². The first-order valence-electron chi connectivity index (χ1n) is 10.7. The molecule has 7 heteroatoms. The molecule has 0 aromatic heterocycles. The van der Waals surface area contributed by atoms with Crippen LogP contribution in [0.15, 0.2) is 36.4 Å². The third kappa shape index (κ3) is 7.42. The second-order valence-electron chi connectivity index (χ2n) is 9.00. The summed E-state index contributed by atoms with van der Waals surface area (Å²) >= 11 is 12.7. The number of hydrogen-bond donors (Lipinski definition) is 1. The van der Waals surface area contributed by atoms with E-state index in [2.05, 4.69) is 5.32 Å². The van der Waals surface area contributed by atoms with Gasteiger partial charge in [0.2, 0.25) is 5.91 Å². The highest BCUT2D eigenvalue weighted by Crippen LogP contribution is 2.27. The summed E-state index contributed by atoms with van der Waals surface area (Å²) in [5, 5.41) is 3.85. The minimum Gasteiger partial charge on any atom is -0.484 e. The molecule has 0 saturated carbocycles. The molecule has 2 aromatic rings. The summed E-state index contributed by atoms with van der Waals surface area (Å²) in [5.41, 5.74) is 2.25. The van der Waals surface area contributed by atoms with Crippen molar-refractivity contribution in [3.05, 3.63) is 63.1 Å². The molecule has 0 unspecified atom stereocenters. The molecule has 174 valence electrons. The molecule has 0 aliphatic rings. The van der Waals surface area contributed by atoms with Crippen molar-refractivity contribution in [1.29, 1.82) is 0 Å². The van der Waals surface area contributed by atoms with E-state index in [1.54, 1.807) is 18.2 Å². The van der Waals surface area contributed by atoms with Gasteiger partial charge in [0.05, 0.1) is 0 Å². The topological polar surface area (TPSA) is 58.6 Å². The van der Waals surface area contributed by atoms with Crippen LogP contribution in [0.4, 0.5) is 0 Å². The van der Waals surface area contributed by atoms with Crippen LogP contribution in [-0.4, -0.2) is 34.9 Å². The van der Waals surface area contributed by atoms with Crippen molar-refractivity contribution in [1.82, 2.24) is 10.2 Å². The molecule has 2 amide bonds. The van der Waals surface area contributed by atoms with E-state index in [0.717, 1.165) is 11.1 Å². The Balaban J connectivity index is 2.32. The summed E-state index contributed by atoms with van der Waals surface area (Å²) in [5.74, 6) is 0.0535. The Morgan fingerprint density at radius 1 is 1.06 bits per heavy atom. The first-order valence-corrected chi connectivity index (χ1v) is 11.4. The molecule has 32 heavy (non-hydrogen) atoms. The van der Waals surface area contributed by atoms with Gasteiger partial charge in [-0.25, -0.2) is 0 Å². The van der Waals surface area contributed by atoms with Crippen LogP contribution in [-0.2, 0) is 16.1 Å². The highest BCUT2D eigenvalue weighted by molar-refractivity contribution is 6.36. The quantitative estimate of drug-likeness (QED) is 0.528. The fraction of sp³-hybridized carbons (Fsp3) is 0.440. The van der Waals surface area contributed by atoms with Gasteiger partial charge in [-0.1, -0.05) is 42.3 Å². The zero-order valence-electron chi connectivity index (χ0n) is 19.6. The van der Waals surface area contributed by atoms with Crippen molar-refractivity contribution in [2.24, 2.45) is 0 Å². The van der Waals surface area contributed by atoms with Gasteiger partial charge in [-0.05, 0) is 76.4 Å². The minimum atomic E-state index is -0.697. The fourth-order valence-corrected chi connectivity index (χ4v) is 3.99. The van der Waals surface area contributed by atoms with Crippen LogP contribution in [0, 0.1) is 13.8 Å². The Labute approximate surface area is 201 Å². The summed E-state index contributed by atoms with van der Waals surface area (Å²) in [6.45, 7) is 11.4. The molecule has 2 rings (SSSR count). The summed E-state index contributed by atoms with van der Waals surface area (Å²) in [4.78, 5) is 27.9. The number of halogens is 2. The van der Waals surface area contributed by atoms with Crippen LogP contribution in [0.1, 0.15) is 50.8 Å². The van der Waals surface area contributed by atoms with E-state index < -0.39 is 11.6 Å². The van der Waals surface area contributed by atoms with Gasteiger partial charge in [0.15, 0.2) is 6.61 Å². The number of ether oxygens (including phenoxy) is 1. The molecule has 0 radical (unpaired) electrons. The minimum absolute atomic E-state index is 0.101. The highest BCUT2D eigenvalue weighted by atomic mass is 35.5. The average Bonchev–Trinajstić information content (AvgIpc) is 2.66. The van der Waals surface area contributed by atoms with Crippen molar-refractivity contribution in [2.75, 3.05) is 6.61 Å². The molecule has 1 N–H and O–H groups in total. The lowest BCUT2D eigenvalue weighted by atomic mass is 10.1. The van der Waals surface area contributed by atoms with E-state index in [0.29, 0.717) is 27.8 Å². The highest BCUT2D eigenvalue weighted by Gasteiger charge is 2.31. The lowest BCUT2D eigenvalue weighted by Gasteiger charge is -2.33. The number of nitrogens with one attached hydrogen (secondary N) is 1. The number of aryl methyl sites for hydroxylation is 2. The van der Waals surface area contributed by atoms with E-state index in [1.807, 2.05) is 59.7 Å². The van der Waals surface area contributed by atoms with Crippen LogP contribution in [0.25, 0.3) is 0 Å². The number of hydrogen-bond acceptors (Lipinski definition) is 3. The Morgan fingerprint density at radius 2 is 1.62 bits per heavy atom. The number of carbonyl (C=O) groups is 2. The van der Waals surface area contributed by atoms with Gasteiger partial charge in [-0.15, -0.1) is 0 Å². The molecule has 0 spiro atoms. The maximum atomic E-state index is 13.3. The van der Waals surface area contributed by atoms with Gasteiger partial charge in [0.1, 0.15) is 11.8 Å². The van der Waals surface area contributed by atoms with Gasteiger partial charge >= 0.3 is 0 Å².